The van der Waals surface area contributed by atoms with Crippen molar-refractivity contribution in [2.24, 2.45) is 0 Å². The van der Waals surface area contributed by atoms with E-state index in [2.05, 4.69) is 0 Å². The maximum Gasteiger partial charge on any atom is 0.152 e. The summed E-state index contributed by atoms with van der Waals surface area (Å²) in [5.74, 6) is -0.229. The Labute approximate surface area is 185 Å². The molecule has 0 saturated carbocycles. The van der Waals surface area contributed by atoms with Gasteiger partial charge in [-0.15, -0.1) is 0 Å². The lowest BCUT2D eigenvalue weighted by Gasteiger charge is -2.22. The zero-order valence-electron chi connectivity index (χ0n) is 17.3. The SMILES string of the molecule is O=S(=O)(CC(c1ccccc1)c1ccccc1)CC(c1ccccc1)c1ccccc1. The molecular weight excluding hydrogens is 400 g/mol. The molecule has 0 aliphatic carbocycles. The first kappa shape index (κ1) is 21.1. The third kappa shape index (κ3) is 5.50. The molecule has 0 radical (unpaired) electrons. The third-order valence-electron chi connectivity index (χ3n) is 5.65. The van der Waals surface area contributed by atoms with Crippen LogP contribution in [0, 0.1) is 0 Å². The minimum Gasteiger partial charge on any atom is -0.229 e. The standard InChI is InChI=1S/C28H26O2S/c29-31(30,21-27(23-13-5-1-6-14-23)24-15-7-2-8-16-24)22-28(25-17-9-3-10-18-25)26-19-11-4-12-20-26/h1-20,27-28H,21-22H2. The van der Waals surface area contributed by atoms with Crippen LogP contribution >= 0.6 is 0 Å². The molecule has 0 unspecified atom stereocenters. The molecule has 0 spiro atoms. The van der Waals surface area contributed by atoms with Crippen molar-refractivity contribution in [1.29, 1.82) is 0 Å². The van der Waals surface area contributed by atoms with Crippen molar-refractivity contribution in [3.05, 3.63) is 144 Å². The van der Waals surface area contributed by atoms with Crippen LogP contribution < -0.4 is 0 Å². The van der Waals surface area contributed by atoms with Crippen LogP contribution in [0.5, 0.6) is 0 Å². The van der Waals surface area contributed by atoms with Crippen molar-refractivity contribution >= 4 is 9.84 Å². The van der Waals surface area contributed by atoms with Gasteiger partial charge in [0.1, 0.15) is 0 Å². The van der Waals surface area contributed by atoms with Crippen molar-refractivity contribution in [2.45, 2.75) is 11.8 Å². The van der Waals surface area contributed by atoms with Gasteiger partial charge in [-0.05, 0) is 22.3 Å². The van der Waals surface area contributed by atoms with E-state index in [1.807, 2.05) is 121 Å². The smallest absolute Gasteiger partial charge is 0.152 e. The molecule has 0 bridgehead atoms. The quantitative estimate of drug-likeness (QED) is 0.343. The van der Waals surface area contributed by atoms with Crippen LogP contribution in [0.15, 0.2) is 121 Å². The predicted molar refractivity (Wildman–Crippen MR) is 128 cm³/mol. The van der Waals surface area contributed by atoms with E-state index in [-0.39, 0.29) is 23.3 Å². The van der Waals surface area contributed by atoms with Gasteiger partial charge >= 0.3 is 0 Å². The van der Waals surface area contributed by atoms with E-state index in [0.717, 1.165) is 22.3 Å². The summed E-state index contributed by atoms with van der Waals surface area (Å²) in [5, 5.41) is 0. The first-order valence-electron chi connectivity index (χ1n) is 10.5. The molecule has 0 fully saturated rings. The Hall–Kier alpha value is -3.17. The van der Waals surface area contributed by atoms with E-state index >= 15 is 0 Å². The maximum absolute atomic E-state index is 13.5. The van der Waals surface area contributed by atoms with E-state index < -0.39 is 9.84 Å². The van der Waals surface area contributed by atoms with Crippen LogP contribution in [0.25, 0.3) is 0 Å². The Morgan fingerprint density at radius 3 is 0.871 bits per heavy atom. The fourth-order valence-corrected chi connectivity index (χ4v) is 6.01. The number of hydrogen-bond donors (Lipinski definition) is 0. The zero-order chi connectivity index (χ0) is 21.5. The van der Waals surface area contributed by atoms with E-state index in [0.29, 0.717) is 0 Å². The molecule has 3 heteroatoms. The molecule has 4 aromatic carbocycles. The molecule has 0 amide bonds. The highest BCUT2D eigenvalue weighted by Gasteiger charge is 2.27. The van der Waals surface area contributed by atoms with Gasteiger partial charge in [-0.3, -0.25) is 0 Å². The molecular formula is C28H26O2S. The average Bonchev–Trinajstić information content (AvgIpc) is 2.83. The number of sulfone groups is 1. The summed E-state index contributed by atoms with van der Waals surface area (Å²) < 4.78 is 27.1. The molecule has 0 heterocycles. The minimum atomic E-state index is -3.37. The fraction of sp³-hybridized carbons (Fsp3) is 0.143. The first-order valence-corrected chi connectivity index (χ1v) is 12.3. The van der Waals surface area contributed by atoms with Gasteiger partial charge in [-0.1, -0.05) is 121 Å². The van der Waals surface area contributed by atoms with Crippen LogP contribution in [0.4, 0.5) is 0 Å². The van der Waals surface area contributed by atoms with Gasteiger partial charge in [-0.2, -0.15) is 0 Å². The lowest BCUT2D eigenvalue weighted by Crippen LogP contribution is -2.23. The molecule has 0 aliphatic rings. The molecule has 31 heavy (non-hydrogen) atoms. The van der Waals surface area contributed by atoms with Crippen LogP contribution in [0.1, 0.15) is 34.1 Å². The van der Waals surface area contributed by atoms with Crippen LogP contribution in [0.3, 0.4) is 0 Å². The molecule has 0 N–H and O–H groups in total. The lowest BCUT2D eigenvalue weighted by molar-refractivity contribution is 0.588. The second-order valence-electron chi connectivity index (χ2n) is 7.82. The van der Waals surface area contributed by atoms with E-state index in [1.165, 1.54) is 0 Å². The highest BCUT2D eigenvalue weighted by Crippen LogP contribution is 2.30. The first-order chi connectivity index (χ1) is 15.1. The van der Waals surface area contributed by atoms with Crippen LogP contribution in [-0.2, 0) is 9.84 Å². The molecule has 4 aromatic rings. The Kier molecular flexibility index (Phi) is 6.63. The lowest BCUT2D eigenvalue weighted by atomic mass is 9.93. The molecule has 4 rings (SSSR count). The summed E-state index contributed by atoms with van der Waals surface area (Å²) in [4.78, 5) is 0. The van der Waals surface area contributed by atoms with Gasteiger partial charge in [0.15, 0.2) is 9.84 Å². The summed E-state index contributed by atoms with van der Waals surface area (Å²) in [7, 11) is -3.37. The summed E-state index contributed by atoms with van der Waals surface area (Å²) in [6, 6.07) is 39.7. The summed E-state index contributed by atoms with van der Waals surface area (Å²) in [6.45, 7) is 0. The fourth-order valence-electron chi connectivity index (χ4n) is 4.09. The molecule has 0 aromatic heterocycles. The van der Waals surface area contributed by atoms with Gasteiger partial charge in [0, 0.05) is 11.8 Å². The van der Waals surface area contributed by atoms with Gasteiger partial charge < -0.3 is 0 Å². The highest BCUT2D eigenvalue weighted by atomic mass is 32.2. The second-order valence-corrected chi connectivity index (χ2v) is 9.98. The Balaban J connectivity index is 1.67. The number of rotatable bonds is 8. The normalized spacial score (nSPS) is 11.7. The van der Waals surface area contributed by atoms with E-state index in [9.17, 15) is 8.42 Å². The van der Waals surface area contributed by atoms with E-state index in [1.54, 1.807) is 0 Å². The molecule has 0 atom stereocenters. The predicted octanol–water partition coefficient (Wildman–Crippen LogP) is 6.07. The van der Waals surface area contributed by atoms with Crippen molar-refractivity contribution in [2.75, 3.05) is 11.5 Å². The highest BCUT2D eigenvalue weighted by molar-refractivity contribution is 7.91. The monoisotopic (exact) mass is 426 g/mol. The van der Waals surface area contributed by atoms with Crippen molar-refractivity contribution in [1.82, 2.24) is 0 Å². The molecule has 2 nitrogen and oxygen atoms in total. The Morgan fingerprint density at radius 1 is 0.419 bits per heavy atom. The number of benzene rings is 4. The van der Waals surface area contributed by atoms with Gasteiger partial charge in [0.25, 0.3) is 0 Å². The van der Waals surface area contributed by atoms with Gasteiger partial charge in [-0.25, -0.2) is 8.42 Å². The minimum absolute atomic E-state index is 0.0805. The zero-order valence-corrected chi connectivity index (χ0v) is 18.2. The largest absolute Gasteiger partial charge is 0.229 e. The van der Waals surface area contributed by atoms with Crippen LogP contribution in [0.2, 0.25) is 0 Å². The Bertz CT molecular complexity index is 1000. The summed E-state index contributed by atoms with van der Waals surface area (Å²) in [5.41, 5.74) is 4.09. The van der Waals surface area contributed by atoms with Crippen LogP contribution in [-0.4, -0.2) is 19.9 Å². The maximum atomic E-state index is 13.5. The van der Waals surface area contributed by atoms with E-state index in [4.69, 9.17) is 0 Å². The van der Waals surface area contributed by atoms with Gasteiger partial charge in [0.2, 0.25) is 0 Å². The van der Waals surface area contributed by atoms with Gasteiger partial charge in [0.05, 0.1) is 11.5 Å². The van der Waals surface area contributed by atoms with Crippen molar-refractivity contribution in [3.63, 3.8) is 0 Å². The topological polar surface area (TPSA) is 34.1 Å². The average molecular weight is 427 g/mol. The molecule has 156 valence electrons. The summed E-state index contributed by atoms with van der Waals surface area (Å²) in [6.07, 6.45) is 0. The third-order valence-corrected chi connectivity index (χ3v) is 7.33. The Morgan fingerprint density at radius 2 is 0.645 bits per heavy atom. The van der Waals surface area contributed by atoms with Crippen molar-refractivity contribution < 1.29 is 8.42 Å². The van der Waals surface area contributed by atoms with Crippen molar-refractivity contribution in [3.8, 4) is 0 Å². The molecule has 0 aliphatic heterocycles. The number of hydrogen-bond acceptors (Lipinski definition) is 2. The molecule has 0 saturated heterocycles. The summed E-state index contributed by atoms with van der Waals surface area (Å²) >= 11 is 0. The second kappa shape index (κ2) is 9.76.